The molecule has 3 amide bonds. The van der Waals surface area contributed by atoms with Crippen molar-refractivity contribution in [2.24, 2.45) is 22.7 Å². The number of amides is 3. The highest BCUT2D eigenvalue weighted by atomic mass is 32.2. The van der Waals surface area contributed by atoms with Crippen LogP contribution in [0.25, 0.3) is 0 Å². The molecule has 2 aromatic rings. The predicted molar refractivity (Wildman–Crippen MR) is 187 cm³/mol. The van der Waals surface area contributed by atoms with Gasteiger partial charge in [-0.05, 0) is 86.7 Å². The molecule has 5 atom stereocenters. The minimum atomic E-state index is -4.32. The molecule has 4 fully saturated rings. The number of hydrogen-bond donors (Lipinski definition) is 4. The van der Waals surface area contributed by atoms with Crippen molar-refractivity contribution in [2.75, 3.05) is 23.7 Å². The Morgan fingerprint density at radius 2 is 1.98 bits per heavy atom. The van der Waals surface area contributed by atoms with Crippen LogP contribution in [0.15, 0.2) is 40.8 Å². The Hall–Kier alpha value is -3.52. The second-order valence-electron chi connectivity index (χ2n) is 15.0. The highest BCUT2D eigenvalue weighted by Crippen LogP contribution is 2.81. The quantitative estimate of drug-likeness (QED) is 0.308. The number of thiazole rings is 1. The molecule has 2 unspecified atom stereocenters. The van der Waals surface area contributed by atoms with Crippen LogP contribution in [0.1, 0.15) is 84.3 Å². The van der Waals surface area contributed by atoms with Crippen LogP contribution in [-0.4, -0.2) is 71.7 Å². The van der Waals surface area contributed by atoms with Gasteiger partial charge in [0.05, 0.1) is 5.69 Å². The van der Waals surface area contributed by atoms with Crippen molar-refractivity contribution in [3.05, 3.63) is 41.6 Å². The van der Waals surface area contributed by atoms with Crippen LogP contribution in [0, 0.1) is 22.7 Å². The summed E-state index contributed by atoms with van der Waals surface area (Å²) in [6, 6.07) is 1.57. The van der Waals surface area contributed by atoms with E-state index >= 15 is 0 Å². The molecule has 2 spiro atoms. The summed E-state index contributed by atoms with van der Waals surface area (Å²) >= 11 is 1.47. The number of anilines is 2. The van der Waals surface area contributed by atoms with Crippen molar-refractivity contribution in [2.45, 2.75) is 107 Å². The molecule has 3 saturated carbocycles. The Balaban J connectivity index is 1.15. The number of nitrogens with zero attached hydrogens (tertiary/aromatic N) is 3. The third-order valence-corrected chi connectivity index (χ3v) is 13.6. The highest BCUT2D eigenvalue weighted by Gasteiger charge is 2.77. The Morgan fingerprint density at radius 1 is 1.16 bits per heavy atom. The van der Waals surface area contributed by atoms with Crippen molar-refractivity contribution < 1.29 is 22.8 Å². The Labute approximate surface area is 292 Å². The molecule has 4 N–H and O–H groups in total. The molecule has 0 aromatic carbocycles. The molecule has 264 valence electrons. The molecule has 1 saturated heterocycles. The molecule has 0 radical (unpaired) electrons. The number of rotatable bonds is 7. The lowest BCUT2D eigenvalue weighted by molar-refractivity contribution is -0.140. The molecular weight excluding hydrogens is 663 g/mol. The van der Waals surface area contributed by atoms with E-state index < -0.39 is 39.5 Å². The Kier molecular flexibility index (Phi) is 8.78. The fraction of sp³-hybridized carbons (Fsp3) is 0.629. The first-order valence-electron chi connectivity index (χ1n) is 17.7. The molecule has 2 aliphatic heterocycles. The van der Waals surface area contributed by atoms with E-state index in [9.17, 15) is 22.8 Å². The third-order valence-electron chi connectivity index (χ3n) is 11.4. The maximum Gasteiger partial charge on any atom is 0.267 e. The number of likely N-dealkylation sites (tertiary alicyclic amines) is 1. The van der Waals surface area contributed by atoms with Gasteiger partial charge in [-0.2, -0.15) is 0 Å². The molecule has 7 rings (SSSR count). The van der Waals surface area contributed by atoms with Crippen molar-refractivity contribution in [1.82, 2.24) is 24.9 Å². The van der Waals surface area contributed by atoms with Gasteiger partial charge in [0.1, 0.15) is 28.3 Å². The Morgan fingerprint density at radius 3 is 2.69 bits per heavy atom. The first-order chi connectivity index (χ1) is 23.4. The molecule has 2 aromatic heterocycles. The maximum atomic E-state index is 14.4. The second-order valence-corrected chi connectivity index (χ2v) is 17.6. The van der Waals surface area contributed by atoms with Gasteiger partial charge in [0, 0.05) is 30.6 Å². The lowest BCUT2D eigenvalue weighted by Gasteiger charge is -2.31. The van der Waals surface area contributed by atoms with Crippen LogP contribution >= 0.6 is 11.3 Å². The van der Waals surface area contributed by atoms with E-state index in [4.69, 9.17) is 0 Å². The summed E-state index contributed by atoms with van der Waals surface area (Å²) in [5, 5.41) is 12.1. The van der Waals surface area contributed by atoms with Crippen molar-refractivity contribution in [3.63, 3.8) is 0 Å². The van der Waals surface area contributed by atoms with E-state index in [0.29, 0.717) is 24.6 Å². The number of aromatic nitrogens is 2. The average Bonchev–Trinajstić information content (AvgIpc) is 4.00. The Bertz CT molecular complexity index is 1770. The number of hydrogen-bond acceptors (Lipinski definition) is 10. The van der Waals surface area contributed by atoms with Crippen molar-refractivity contribution >= 4 is 50.0 Å². The van der Waals surface area contributed by atoms with Gasteiger partial charge in [-0.25, -0.2) is 23.1 Å². The summed E-state index contributed by atoms with van der Waals surface area (Å²) in [6.45, 7) is 7.05. The lowest BCUT2D eigenvalue weighted by atomic mass is 9.98. The fourth-order valence-corrected chi connectivity index (χ4v) is 10.1. The van der Waals surface area contributed by atoms with Crippen LogP contribution < -0.4 is 20.7 Å². The zero-order valence-electron chi connectivity index (χ0n) is 28.5. The van der Waals surface area contributed by atoms with Gasteiger partial charge in [0.2, 0.25) is 11.8 Å². The molecule has 3 aliphatic carbocycles. The number of nitrogens with one attached hydrogen (secondary N) is 4. The highest BCUT2D eigenvalue weighted by molar-refractivity contribution is 7.90. The molecule has 14 heteroatoms. The standard InChI is InChI=1S/C35H47N7O5S2/c1-4-24-19-48-32(38-24)39-27(22(2)3)30(44)42-21-34(20-33(34)13-14-33)18-25(42)29(43)40-35-17-23(35)11-8-6-5-7-9-15-36-28-26(12-10-16-37-28)49(46,47)41-31(35)45/h8,10-12,16,19,22-23,25,27H,4-7,9,13-15,17-18,20-21H2,1-3H3,(H,36,37)(H,38,39)(H,40,43)(H,41,45)/b11-8-/t23-,25-,27?,34?,35+/m0/s1. The van der Waals surface area contributed by atoms with Crippen LogP contribution in [0.4, 0.5) is 10.9 Å². The maximum absolute atomic E-state index is 14.4. The largest absolute Gasteiger partial charge is 0.369 e. The van der Waals surface area contributed by atoms with E-state index in [-0.39, 0.29) is 45.7 Å². The topological polar surface area (TPSA) is 162 Å². The number of aryl methyl sites for hydroxylation is 1. The molecule has 12 nitrogen and oxygen atoms in total. The minimum absolute atomic E-state index is 0.0704. The lowest BCUT2D eigenvalue weighted by Crippen LogP contribution is -2.57. The number of allylic oxidation sites excluding steroid dienone is 1. The first kappa shape index (κ1) is 34.0. The van der Waals surface area contributed by atoms with Gasteiger partial charge in [-0.3, -0.25) is 14.4 Å². The van der Waals surface area contributed by atoms with Crippen molar-refractivity contribution in [1.29, 1.82) is 0 Å². The predicted octanol–water partition coefficient (Wildman–Crippen LogP) is 4.23. The first-order valence-corrected chi connectivity index (χ1v) is 20.1. The van der Waals surface area contributed by atoms with E-state index in [1.54, 1.807) is 4.90 Å². The normalized spacial score (nSPS) is 30.9. The number of carbonyl (C=O) groups is 3. The van der Waals surface area contributed by atoms with Gasteiger partial charge in [0.15, 0.2) is 5.13 Å². The molecule has 0 bridgehead atoms. The minimum Gasteiger partial charge on any atom is -0.369 e. The van der Waals surface area contributed by atoms with Gasteiger partial charge in [-0.15, -0.1) is 11.3 Å². The van der Waals surface area contributed by atoms with Crippen LogP contribution in [-0.2, 0) is 30.8 Å². The molecule has 5 aliphatic rings. The SMILES string of the molecule is CCc1csc(NC(C(=O)N2CC3(C[C@H]2C(=O)N[C@]24C[C@@H]2/C=C\CCCCCNc2ncccc2S(=O)(=O)NC4=O)CC32CC2)C(C)C)n1. The van der Waals surface area contributed by atoms with Gasteiger partial charge < -0.3 is 20.9 Å². The van der Waals surface area contributed by atoms with E-state index in [1.165, 1.54) is 29.7 Å². The van der Waals surface area contributed by atoms with Gasteiger partial charge in [-0.1, -0.05) is 39.3 Å². The zero-order valence-corrected chi connectivity index (χ0v) is 30.1. The van der Waals surface area contributed by atoms with Gasteiger partial charge >= 0.3 is 0 Å². The second kappa shape index (κ2) is 12.7. The van der Waals surface area contributed by atoms with Crippen LogP contribution in [0.3, 0.4) is 0 Å². The summed E-state index contributed by atoms with van der Waals surface area (Å²) in [4.78, 5) is 53.3. The smallest absolute Gasteiger partial charge is 0.267 e. The van der Waals surface area contributed by atoms with E-state index in [2.05, 4.69) is 30.6 Å². The summed E-state index contributed by atoms with van der Waals surface area (Å²) in [5.74, 6) is -1.61. The zero-order chi connectivity index (χ0) is 34.6. The summed E-state index contributed by atoms with van der Waals surface area (Å²) < 4.78 is 29.5. The molecular formula is C35H47N7O5S2. The molecule has 4 heterocycles. The number of pyridine rings is 1. The number of carbonyl (C=O) groups excluding carboxylic acids is 3. The number of fused-ring (bicyclic) bond motifs is 3. The monoisotopic (exact) mass is 709 g/mol. The summed E-state index contributed by atoms with van der Waals surface area (Å²) in [7, 11) is -4.32. The summed E-state index contributed by atoms with van der Waals surface area (Å²) in [6.07, 6.45) is 13.8. The number of sulfonamides is 1. The van der Waals surface area contributed by atoms with E-state index in [0.717, 1.165) is 57.1 Å². The van der Waals surface area contributed by atoms with Crippen LogP contribution in [0.5, 0.6) is 0 Å². The van der Waals surface area contributed by atoms with Crippen LogP contribution in [0.2, 0.25) is 0 Å². The third kappa shape index (κ3) is 6.34. The van der Waals surface area contributed by atoms with E-state index in [1.807, 2.05) is 38.3 Å². The molecule has 49 heavy (non-hydrogen) atoms. The summed E-state index contributed by atoms with van der Waals surface area (Å²) in [5.41, 5.74) is -0.384. The van der Waals surface area contributed by atoms with Gasteiger partial charge in [0.25, 0.3) is 15.9 Å². The fourth-order valence-electron chi connectivity index (χ4n) is 8.11. The van der Waals surface area contributed by atoms with Crippen molar-refractivity contribution in [3.8, 4) is 0 Å². The average molecular weight is 710 g/mol.